The number of rotatable bonds is 5. The third-order valence-corrected chi connectivity index (χ3v) is 1.96. The Bertz CT molecular complexity index is 268. The summed E-state index contributed by atoms with van der Waals surface area (Å²) in [5.74, 6) is -4.19. The van der Waals surface area contributed by atoms with Gasteiger partial charge >= 0.3 is 49.7 Å². The Kier molecular flexibility index (Phi) is 8.25. The molecule has 0 fully saturated rings. The van der Waals surface area contributed by atoms with Crippen LogP contribution < -0.4 is 0 Å². The second-order valence-electron chi connectivity index (χ2n) is 2.66. The van der Waals surface area contributed by atoms with Gasteiger partial charge in [-0.15, -0.1) is 0 Å². The molecule has 0 spiro atoms. The summed E-state index contributed by atoms with van der Waals surface area (Å²) < 4.78 is 4.26. The molecule has 0 amide bonds. The molecule has 0 saturated carbocycles. The van der Waals surface area contributed by atoms with E-state index in [0.29, 0.717) is 0 Å². The van der Waals surface area contributed by atoms with E-state index in [9.17, 15) is 19.5 Å². The maximum absolute atomic E-state index is 10.7. The number of aliphatic carboxylic acids is 2. The van der Waals surface area contributed by atoms with Crippen LogP contribution in [0.15, 0.2) is 0 Å². The van der Waals surface area contributed by atoms with E-state index in [-0.39, 0.29) is 48.2 Å². The summed E-state index contributed by atoms with van der Waals surface area (Å²) in [4.78, 5) is 31.4. The molecule has 0 bridgehead atoms. The van der Waals surface area contributed by atoms with Crippen LogP contribution >= 0.6 is 0 Å². The van der Waals surface area contributed by atoms with Gasteiger partial charge in [0, 0.05) is 0 Å². The summed E-state index contributed by atoms with van der Waals surface area (Å²) in [6.45, 7) is 0. The maximum atomic E-state index is 10.7. The average Bonchev–Trinajstić information content (AvgIpc) is 2.02. The van der Waals surface area contributed by atoms with Crippen molar-refractivity contribution in [2.45, 2.75) is 18.4 Å². The Morgan fingerprint density at radius 2 is 1.67 bits per heavy atom. The first kappa shape index (κ1) is 17.2. The van der Waals surface area contributed by atoms with Crippen molar-refractivity contribution in [2.24, 2.45) is 0 Å². The van der Waals surface area contributed by atoms with Crippen LogP contribution in [0.2, 0.25) is 0 Å². The molecule has 0 rings (SSSR count). The van der Waals surface area contributed by atoms with E-state index in [0.717, 1.165) is 0 Å². The van der Waals surface area contributed by atoms with Crippen LogP contribution in [0.4, 0.5) is 0 Å². The normalized spacial score (nSPS) is 13.4. The molecule has 15 heavy (non-hydrogen) atoms. The zero-order chi connectivity index (χ0) is 11.4. The van der Waals surface area contributed by atoms with Gasteiger partial charge in [-0.1, -0.05) is 0 Å². The molecule has 0 aliphatic carbocycles. The second kappa shape index (κ2) is 7.17. The van der Waals surface area contributed by atoms with E-state index in [4.69, 9.17) is 10.2 Å². The summed E-state index contributed by atoms with van der Waals surface area (Å²) in [5, 5.41) is 26.1. The molecule has 84 valence electrons. The van der Waals surface area contributed by atoms with Crippen LogP contribution in [-0.4, -0.2) is 87.1 Å². The summed E-state index contributed by atoms with van der Waals surface area (Å²) in [6, 6.07) is 0. The minimum absolute atomic E-state index is 0. The van der Waals surface area contributed by atoms with Crippen LogP contribution in [0.25, 0.3) is 0 Å². The number of hydrogen-bond acceptors (Lipinski definition) is 5. The molecule has 0 aromatic rings. The Labute approximate surface area is 118 Å². The molecule has 1 atom stereocenters. The zero-order valence-corrected chi connectivity index (χ0v) is 9.39. The van der Waals surface area contributed by atoms with Gasteiger partial charge in [0.15, 0.2) is 5.60 Å². The first-order valence-electron chi connectivity index (χ1n) is 3.56. The summed E-state index contributed by atoms with van der Waals surface area (Å²) in [7, 11) is 0.0598. The monoisotopic (exact) mass is 264 g/mol. The van der Waals surface area contributed by atoms with Crippen molar-refractivity contribution in [3.05, 3.63) is 0 Å². The van der Waals surface area contributed by atoms with Crippen molar-refractivity contribution in [1.29, 1.82) is 0 Å². The molecule has 0 aliphatic heterocycles. The predicted molar refractivity (Wildman–Crippen MR) is 54.0 cm³/mol. The molecule has 3 N–H and O–H groups in total. The SMILES string of the molecule is O=C(O)CC(O)(CC(=O)O[SiH3])C(=O)O.[CaH2]. The first-order valence-corrected chi connectivity index (χ1v) is 4.38. The van der Waals surface area contributed by atoms with Gasteiger partial charge in [0.05, 0.1) is 12.8 Å². The number of carbonyl (C=O) groups excluding carboxylic acids is 1. The van der Waals surface area contributed by atoms with Crippen molar-refractivity contribution in [3.63, 3.8) is 0 Å². The summed E-state index contributed by atoms with van der Waals surface area (Å²) in [5.41, 5.74) is -2.59. The number of carboxylic acid groups (broad SMARTS) is 2. The van der Waals surface area contributed by atoms with Crippen molar-refractivity contribution in [1.82, 2.24) is 0 Å². The van der Waals surface area contributed by atoms with Crippen LogP contribution in [0.5, 0.6) is 0 Å². The number of aliphatic hydroxyl groups is 1. The topological polar surface area (TPSA) is 121 Å². The molecule has 0 aromatic heterocycles. The number of carbonyl (C=O) groups is 3. The Morgan fingerprint density at radius 1 is 1.20 bits per heavy atom. The molecule has 0 heterocycles. The quantitative estimate of drug-likeness (QED) is 0.442. The van der Waals surface area contributed by atoms with Gasteiger partial charge in [0.1, 0.15) is 0 Å². The van der Waals surface area contributed by atoms with Crippen molar-refractivity contribution < 1.29 is 34.1 Å². The Hall–Kier alpha value is -0.153. The van der Waals surface area contributed by atoms with Gasteiger partial charge in [0.2, 0.25) is 10.5 Å². The van der Waals surface area contributed by atoms with Crippen LogP contribution in [0.1, 0.15) is 12.8 Å². The predicted octanol–water partition coefficient (Wildman–Crippen LogP) is -3.43. The molecule has 0 saturated heterocycles. The molecule has 0 aromatic carbocycles. The van der Waals surface area contributed by atoms with E-state index in [1.165, 1.54) is 0 Å². The van der Waals surface area contributed by atoms with Crippen LogP contribution in [0, 0.1) is 0 Å². The fourth-order valence-electron chi connectivity index (χ4n) is 0.775. The van der Waals surface area contributed by atoms with E-state index in [2.05, 4.69) is 4.43 Å². The standard InChI is InChI=1S/C6H10O7Si.Ca.2H/c7-3(8)1-6(12,5(10)11)2-4(9)13-14;;;/h12H,1-2H2,14H3,(H,7,8)(H,10,11);;;. The fourth-order valence-corrected chi connectivity index (χ4v) is 0.919. The van der Waals surface area contributed by atoms with Gasteiger partial charge in [-0.2, -0.15) is 0 Å². The van der Waals surface area contributed by atoms with E-state index in [1.807, 2.05) is 0 Å². The molecular weight excluding hydrogens is 252 g/mol. The van der Waals surface area contributed by atoms with E-state index >= 15 is 0 Å². The average molecular weight is 264 g/mol. The first-order chi connectivity index (χ1) is 6.31. The molecule has 7 nitrogen and oxygen atoms in total. The van der Waals surface area contributed by atoms with Crippen molar-refractivity contribution >= 4 is 66.1 Å². The van der Waals surface area contributed by atoms with Gasteiger partial charge < -0.3 is 19.7 Å². The summed E-state index contributed by atoms with van der Waals surface area (Å²) in [6.07, 6.45) is -1.91. The number of hydrogen-bond donors (Lipinski definition) is 3. The minimum atomic E-state index is -2.59. The van der Waals surface area contributed by atoms with Gasteiger partial charge in [-0.3, -0.25) is 9.59 Å². The number of carboxylic acids is 2. The molecular formula is C6H12CaO7Si. The van der Waals surface area contributed by atoms with E-state index in [1.54, 1.807) is 0 Å². The Balaban J connectivity index is 0. The molecule has 1 unspecified atom stereocenters. The Morgan fingerprint density at radius 3 is 1.93 bits per heavy atom. The second-order valence-corrected chi connectivity index (χ2v) is 3.07. The van der Waals surface area contributed by atoms with Crippen molar-refractivity contribution in [2.75, 3.05) is 0 Å². The molecule has 9 heteroatoms. The van der Waals surface area contributed by atoms with Gasteiger partial charge in [0.25, 0.3) is 5.97 Å². The van der Waals surface area contributed by atoms with Gasteiger partial charge in [-0.25, -0.2) is 4.79 Å². The van der Waals surface area contributed by atoms with Gasteiger partial charge in [-0.05, 0) is 0 Å². The van der Waals surface area contributed by atoms with Crippen molar-refractivity contribution in [3.8, 4) is 0 Å². The van der Waals surface area contributed by atoms with E-state index < -0.39 is 36.4 Å². The molecule has 0 radical (unpaired) electrons. The summed E-state index contributed by atoms with van der Waals surface area (Å²) >= 11 is 0. The molecule has 0 aliphatic rings. The van der Waals surface area contributed by atoms with Crippen LogP contribution in [-0.2, 0) is 18.8 Å². The third kappa shape index (κ3) is 6.10. The zero-order valence-electron chi connectivity index (χ0n) is 7.39. The third-order valence-electron chi connectivity index (χ3n) is 1.51. The van der Waals surface area contributed by atoms with Crippen LogP contribution in [0.3, 0.4) is 0 Å². The fraction of sp³-hybridized carbons (Fsp3) is 0.500.